The van der Waals surface area contributed by atoms with Gasteiger partial charge >= 0.3 is 0 Å². The molecule has 1 aromatic carbocycles. The Morgan fingerprint density at radius 2 is 1.88 bits per heavy atom. The van der Waals surface area contributed by atoms with E-state index in [1.807, 2.05) is 26.0 Å². The van der Waals surface area contributed by atoms with Crippen molar-refractivity contribution in [2.45, 2.75) is 45.1 Å². The molecule has 1 aliphatic rings. The molecule has 3 rings (SSSR count). The van der Waals surface area contributed by atoms with Crippen LogP contribution in [-0.2, 0) is 23.0 Å². The van der Waals surface area contributed by atoms with Gasteiger partial charge in [-0.05, 0) is 31.9 Å². The molecule has 0 N–H and O–H groups in total. The molecule has 1 aromatic heterocycles. The number of aromatic nitrogens is 2. The van der Waals surface area contributed by atoms with E-state index in [9.17, 15) is 8.42 Å². The van der Waals surface area contributed by atoms with E-state index >= 15 is 0 Å². The number of sulfonamides is 1. The van der Waals surface area contributed by atoms with E-state index in [4.69, 9.17) is 4.52 Å². The molecule has 0 atom stereocenters. The van der Waals surface area contributed by atoms with Crippen molar-refractivity contribution in [1.29, 1.82) is 0 Å². The van der Waals surface area contributed by atoms with E-state index < -0.39 is 10.0 Å². The second kappa shape index (κ2) is 7.85. The van der Waals surface area contributed by atoms with Crippen molar-refractivity contribution in [1.82, 2.24) is 19.3 Å². The van der Waals surface area contributed by atoms with Gasteiger partial charge in [-0.1, -0.05) is 29.8 Å². The summed E-state index contributed by atoms with van der Waals surface area (Å²) < 4.78 is 32.7. The Morgan fingerprint density at radius 3 is 2.54 bits per heavy atom. The van der Waals surface area contributed by atoms with Crippen LogP contribution in [0.15, 0.2) is 27.6 Å². The van der Waals surface area contributed by atoms with Gasteiger partial charge < -0.3 is 4.52 Å². The van der Waals surface area contributed by atoms with Crippen LogP contribution in [0, 0.1) is 13.8 Å². The van der Waals surface area contributed by atoms with Gasteiger partial charge in [-0.3, -0.25) is 4.90 Å². The van der Waals surface area contributed by atoms with Crippen molar-refractivity contribution in [3.8, 4) is 0 Å². The number of piperazine rings is 1. The molecule has 1 aliphatic heterocycles. The molecule has 0 radical (unpaired) electrons. The first kappa shape index (κ1) is 19.0. The molecule has 0 bridgehead atoms. The van der Waals surface area contributed by atoms with Gasteiger partial charge in [0.2, 0.25) is 15.9 Å². The van der Waals surface area contributed by atoms with Crippen LogP contribution < -0.4 is 0 Å². The van der Waals surface area contributed by atoms with E-state index in [2.05, 4.69) is 22.0 Å². The van der Waals surface area contributed by atoms with Gasteiger partial charge in [-0.2, -0.15) is 9.29 Å². The third kappa shape index (κ3) is 4.13. The highest BCUT2D eigenvalue weighted by atomic mass is 32.2. The average Bonchev–Trinajstić information content (AvgIpc) is 3.02. The van der Waals surface area contributed by atoms with Crippen LogP contribution in [0.1, 0.15) is 36.2 Å². The Kier molecular flexibility index (Phi) is 5.74. The summed E-state index contributed by atoms with van der Waals surface area (Å²) in [7, 11) is -3.45. The minimum absolute atomic E-state index is 0.401. The van der Waals surface area contributed by atoms with Crippen LogP contribution in [0.25, 0.3) is 0 Å². The number of rotatable bonds is 6. The van der Waals surface area contributed by atoms with Crippen LogP contribution in [-0.4, -0.2) is 53.9 Å². The van der Waals surface area contributed by atoms with Gasteiger partial charge in [0, 0.05) is 32.6 Å². The van der Waals surface area contributed by atoms with Crippen molar-refractivity contribution < 1.29 is 12.9 Å². The van der Waals surface area contributed by atoms with Crippen LogP contribution in [0.5, 0.6) is 0 Å². The molecule has 0 saturated carbocycles. The van der Waals surface area contributed by atoms with E-state index in [1.165, 1.54) is 0 Å². The SMILES string of the molecule is CCCc1noc(CN2CCN(S(=O)(=O)c3ccc(C)cc3C)CC2)n1. The summed E-state index contributed by atoms with van der Waals surface area (Å²) in [5.41, 5.74) is 1.86. The molecule has 0 unspecified atom stereocenters. The zero-order valence-electron chi connectivity index (χ0n) is 15.6. The first-order valence-corrected chi connectivity index (χ1v) is 10.5. The molecule has 0 aliphatic carbocycles. The molecule has 142 valence electrons. The zero-order valence-corrected chi connectivity index (χ0v) is 16.4. The van der Waals surface area contributed by atoms with E-state index in [0.717, 1.165) is 29.8 Å². The van der Waals surface area contributed by atoms with E-state index in [1.54, 1.807) is 10.4 Å². The number of aryl methyl sites for hydroxylation is 3. The predicted molar refractivity (Wildman–Crippen MR) is 98.2 cm³/mol. The van der Waals surface area contributed by atoms with Gasteiger partial charge in [0.1, 0.15) is 0 Å². The van der Waals surface area contributed by atoms with E-state index in [-0.39, 0.29) is 0 Å². The smallest absolute Gasteiger partial charge is 0.243 e. The minimum atomic E-state index is -3.45. The lowest BCUT2D eigenvalue weighted by molar-refractivity contribution is 0.163. The van der Waals surface area contributed by atoms with Crippen molar-refractivity contribution in [2.24, 2.45) is 0 Å². The topological polar surface area (TPSA) is 79.5 Å². The second-order valence-electron chi connectivity index (χ2n) is 6.80. The van der Waals surface area contributed by atoms with Crippen LogP contribution in [0.4, 0.5) is 0 Å². The second-order valence-corrected chi connectivity index (χ2v) is 8.71. The lowest BCUT2D eigenvalue weighted by atomic mass is 10.2. The monoisotopic (exact) mass is 378 g/mol. The Bertz CT molecular complexity index is 855. The fourth-order valence-electron chi connectivity index (χ4n) is 3.23. The maximum atomic E-state index is 12.9. The molecule has 2 aromatic rings. The molecular formula is C18H26N4O3S. The molecule has 1 fully saturated rings. The minimum Gasteiger partial charge on any atom is -0.338 e. The quantitative estimate of drug-likeness (QED) is 0.766. The third-order valence-corrected chi connectivity index (χ3v) is 6.68. The Balaban J connectivity index is 1.62. The molecule has 7 nitrogen and oxygen atoms in total. The molecule has 0 amide bonds. The summed E-state index contributed by atoms with van der Waals surface area (Å²) in [6, 6.07) is 5.46. The lowest BCUT2D eigenvalue weighted by Gasteiger charge is -2.33. The van der Waals surface area contributed by atoms with Gasteiger partial charge in [0.15, 0.2) is 5.82 Å². The van der Waals surface area contributed by atoms with Crippen LogP contribution in [0.3, 0.4) is 0 Å². The highest BCUT2D eigenvalue weighted by Crippen LogP contribution is 2.22. The normalized spacial score (nSPS) is 16.9. The standard InChI is InChI=1S/C18H26N4O3S/c1-4-5-17-19-18(25-20-17)13-21-8-10-22(11-9-21)26(23,24)16-7-6-14(2)12-15(16)3/h6-7,12H,4-5,8-11,13H2,1-3H3. The van der Waals surface area contributed by atoms with E-state index in [0.29, 0.717) is 43.5 Å². The number of nitrogens with zero attached hydrogens (tertiary/aromatic N) is 4. The van der Waals surface area contributed by atoms with Gasteiger partial charge in [0.05, 0.1) is 11.4 Å². The van der Waals surface area contributed by atoms with Crippen LogP contribution >= 0.6 is 0 Å². The zero-order chi connectivity index (χ0) is 18.7. The summed E-state index contributed by atoms with van der Waals surface area (Å²) in [6.45, 7) is 8.67. The molecular weight excluding hydrogens is 352 g/mol. The summed E-state index contributed by atoms with van der Waals surface area (Å²) in [4.78, 5) is 6.93. The third-order valence-electron chi connectivity index (χ3n) is 4.62. The highest BCUT2D eigenvalue weighted by molar-refractivity contribution is 7.89. The first-order valence-electron chi connectivity index (χ1n) is 9.01. The Morgan fingerprint density at radius 1 is 1.15 bits per heavy atom. The lowest BCUT2D eigenvalue weighted by Crippen LogP contribution is -2.48. The maximum Gasteiger partial charge on any atom is 0.243 e. The largest absolute Gasteiger partial charge is 0.338 e. The maximum absolute atomic E-state index is 12.9. The Hall–Kier alpha value is -1.77. The fraction of sp³-hybridized carbons (Fsp3) is 0.556. The van der Waals surface area contributed by atoms with Gasteiger partial charge in [0.25, 0.3) is 0 Å². The summed E-state index contributed by atoms with van der Waals surface area (Å²) >= 11 is 0. The van der Waals surface area contributed by atoms with Crippen molar-refractivity contribution in [2.75, 3.05) is 26.2 Å². The summed E-state index contributed by atoms with van der Waals surface area (Å²) in [6.07, 6.45) is 1.79. The average molecular weight is 378 g/mol. The molecule has 1 saturated heterocycles. The molecule has 26 heavy (non-hydrogen) atoms. The van der Waals surface area contributed by atoms with Crippen molar-refractivity contribution in [3.05, 3.63) is 41.0 Å². The molecule has 8 heteroatoms. The molecule has 2 heterocycles. The van der Waals surface area contributed by atoms with Gasteiger partial charge in [-0.15, -0.1) is 0 Å². The molecule has 0 spiro atoms. The number of hydrogen-bond donors (Lipinski definition) is 0. The summed E-state index contributed by atoms with van der Waals surface area (Å²) in [5.74, 6) is 1.33. The first-order chi connectivity index (χ1) is 12.4. The highest BCUT2D eigenvalue weighted by Gasteiger charge is 2.30. The number of hydrogen-bond acceptors (Lipinski definition) is 6. The van der Waals surface area contributed by atoms with Crippen LogP contribution in [0.2, 0.25) is 0 Å². The van der Waals surface area contributed by atoms with Gasteiger partial charge in [-0.25, -0.2) is 8.42 Å². The van der Waals surface area contributed by atoms with Crippen molar-refractivity contribution >= 4 is 10.0 Å². The van der Waals surface area contributed by atoms with Crippen molar-refractivity contribution in [3.63, 3.8) is 0 Å². The fourth-order valence-corrected chi connectivity index (χ4v) is 4.85. The summed E-state index contributed by atoms with van der Waals surface area (Å²) in [5, 5.41) is 3.96. The number of benzene rings is 1. The predicted octanol–water partition coefficient (Wildman–Crippen LogP) is 2.15. The Labute approximate surface area is 155 Å².